The molecule has 8 heteroatoms. The second-order valence-corrected chi connectivity index (χ2v) is 12.7. The number of amides is 1. The number of hydrogen-bond donors (Lipinski definition) is 3. The maximum Gasteiger partial charge on any atom is 0.303 e. The van der Waals surface area contributed by atoms with Gasteiger partial charge < -0.3 is 20.3 Å². The quantitative estimate of drug-likeness (QED) is 0.376. The van der Waals surface area contributed by atoms with Crippen LogP contribution in [-0.4, -0.2) is 58.3 Å². The molecule has 0 bridgehead atoms. The average molecular weight is 554 g/mol. The monoisotopic (exact) mass is 553 g/mol. The molecule has 1 amide bonds. The number of nitrogens with one attached hydrogen (secondary N) is 2. The van der Waals surface area contributed by atoms with Crippen molar-refractivity contribution in [2.45, 2.75) is 83.7 Å². The lowest BCUT2D eigenvalue weighted by Gasteiger charge is -2.39. The van der Waals surface area contributed by atoms with Crippen molar-refractivity contribution in [2.75, 3.05) is 13.6 Å². The standard InChI is InChI=1S/C32H44FN3O4/c1-18(31(39)19(2)34-3)29(20-7-5-4-6-8-20)32(40)36-12-11-26-22(16-28(37)38)13-23(30(26)36)15-25-14-21-9-10-24(33)17-27(21)35-25/h9-10,14,17-20,22-23,26,29-30,34-35H,4-8,11-13,15-16H2,1-3H3,(H,37,38)/t18-,19+,22?,23-,26+,29+,30-/m1/s1. The third kappa shape index (κ3) is 5.69. The predicted molar refractivity (Wildman–Crippen MR) is 152 cm³/mol. The first-order chi connectivity index (χ1) is 19.2. The number of aliphatic carboxylic acids is 1. The normalized spacial score (nSPS) is 27.4. The molecule has 218 valence electrons. The average Bonchev–Trinajstić information content (AvgIpc) is 3.63. The van der Waals surface area contributed by atoms with E-state index in [4.69, 9.17) is 0 Å². The molecule has 7 nitrogen and oxygen atoms in total. The summed E-state index contributed by atoms with van der Waals surface area (Å²) in [5.41, 5.74) is 1.73. The fraction of sp³-hybridized carbons (Fsp3) is 0.656. The highest BCUT2D eigenvalue weighted by atomic mass is 19.1. The molecule has 2 aromatic rings. The molecule has 1 aromatic heterocycles. The van der Waals surface area contributed by atoms with E-state index in [0.717, 1.165) is 55.1 Å². The van der Waals surface area contributed by atoms with Crippen LogP contribution in [0.5, 0.6) is 0 Å². The molecule has 1 aliphatic heterocycles. The van der Waals surface area contributed by atoms with Crippen LogP contribution in [0.3, 0.4) is 0 Å². The van der Waals surface area contributed by atoms with E-state index in [1.807, 2.05) is 24.8 Å². The number of hydrogen-bond acceptors (Lipinski definition) is 4. The van der Waals surface area contributed by atoms with Crippen LogP contribution in [0.25, 0.3) is 10.9 Å². The van der Waals surface area contributed by atoms with Gasteiger partial charge >= 0.3 is 5.97 Å². The summed E-state index contributed by atoms with van der Waals surface area (Å²) in [7, 11) is 1.78. The summed E-state index contributed by atoms with van der Waals surface area (Å²) in [4.78, 5) is 45.1. The first-order valence-electron chi connectivity index (χ1n) is 15.2. The van der Waals surface area contributed by atoms with Gasteiger partial charge in [0.15, 0.2) is 5.78 Å². The number of fused-ring (bicyclic) bond motifs is 2. The minimum Gasteiger partial charge on any atom is -0.481 e. The van der Waals surface area contributed by atoms with Gasteiger partial charge in [-0.15, -0.1) is 0 Å². The van der Waals surface area contributed by atoms with Gasteiger partial charge in [0.1, 0.15) is 5.82 Å². The molecule has 3 fully saturated rings. The number of halogens is 1. The number of H-pyrrole nitrogens is 1. The van der Waals surface area contributed by atoms with E-state index < -0.39 is 5.97 Å². The Morgan fingerprint density at radius 1 is 1.10 bits per heavy atom. The number of Topliss-reactive ketones (excluding diaryl/α,β-unsaturated/α-hetero) is 1. The smallest absolute Gasteiger partial charge is 0.303 e. The number of carbonyl (C=O) groups is 3. The molecule has 40 heavy (non-hydrogen) atoms. The molecule has 0 radical (unpaired) electrons. The molecule has 2 aliphatic carbocycles. The van der Waals surface area contributed by atoms with E-state index in [-0.39, 0.29) is 71.5 Å². The Morgan fingerprint density at radius 3 is 2.55 bits per heavy atom. The van der Waals surface area contributed by atoms with Crippen LogP contribution in [0.1, 0.15) is 70.9 Å². The maximum atomic E-state index is 14.5. The zero-order valence-electron chi connectivity index (χ0n) is 24.0. The van der Waals surface area contributed by atoms with E-state index in [1.54, 1.807) is 13.1 Å². The summed E-state index contributed by atoms with van der Waals surface area (Å²) in [6.07, 6.45) is 7.63. The number of carbonyl (C=O) groups excluding carboxylic acids is 2. The van der Waals surface area contributed by atoms with Crippen molar-refractivity contribution in [1.29, 1.82) is 0 Å². The molecule has 2 heterocycles. The number of rotatable bonds is 10. The lowest BCUT2D eigenvalue weighted by molar-refractivity contribution is -0.146. The molecule has 7 atom stereocenters. The lowest BCUT2D eigenvalue weighted by Crippen LogP contribution is -2.50. The summed E-state index contributed by atoms with van der Waals surface area (Å²) >= 11 is 0. The largest absolute Gasteiger partial charge is 0.481 e. The molecule has 1 saturated heterocycles. The highest BCUT2D eigenvalue weighted by Crippen LogP contribution is 2.49. The van der Waals surface area contributed by atoms with Gasteiger partial charge in [0.05, 0.1) is 12.0 Å². The maximum absolute atomic E-state index is 14.5. The minimum absolute atomic E-state index is 0.0172. The fourth-order valence-corrected chi connectivity index (χ4v) is 8.35. The number of likely N-dealkylation sites (N-methyl/N-ethyl adjacent to an activating group) is 1. The first kappa shape index (κ1) is 28.8. The van der Waals surface area contributed by atoms with Crippen LogP contribution in [0.2, 0.25) is 0 Å². The van der Waals surface area contributed by atoms with E-state index >= 15 is 0 Å². The zero-order valence-corrected chi connectivity index (χ0v) is 24.0. The molecule has 1 aromatic carbocycles. The van der Waals surface area contributed by atoms with Crippen LogP contribution in [0, 0.1) is 41.3 Å². The summed E-state index contributed by atoms with van der Waals surface area (Å²) in [6, 6.07) is 6.39. The summed E-state index contributed by atoms with van der Waals surface area (Å²) in [5.74, 6) is -1.19. The Kier molecular flexibility index (Phi) is 8.64. The third-order valence-electron chi connectivity index (χ3n) is 10.3. The molecule has 0 spiro atoms. The van der Waals surface area contributed by atoms with Crippen molar-refractivity contribution < 1.29 is 23.9 Å². The number of carboxylic acids is 1. The second kappa shape index (κ2) is 12.0. The van der Waals surface area contributed by atoms with Gasteiger partial charge in [0, 0.05) is 36.1 Å². The predicted octanol–water partition coefficient (Wildman–Crippen LogP) is 5.19. The Balaban J connectivity index is 1.44. The van der Waals surface area contributed by atoms with Crippen LogP contribution in [-0.2, 0) is 20.8 Å². The lowest BCUT2D eigenvalue weighted by atomic mass is 9.71. The third-order valence-corrected chi connectivity index (χ3v) is 10.3. The van der Waals surface area contributed by atoms with Crippen molar-refractivity contribution in [3.05, 3.63) is 35.8 Å². The number of benzene rings is 1. The summed E-state index contributed by atoms with van der Waals surface area (Å²) in [6.45, 7) is 4.41. The highest BCUT2D eigenvalue weighted by molar-refractivity contribution is 5.92. The van der Waals surface area contributed by atoms with Crippen LogP contribution in [0.4, 0.5) is 4.39 Å². The molecule has 2 saturated carbocycles. The van der Waals surface area contributed by atoms with Crippen LogP contribution in [0.15, 0.2) is 24.3 Å². The van der Waals surface area contributed by atoms with Gasteiger partial charge in [-0.1, -0.05) is 26.2 Å². The van der Waals surface area contributed by atoms with Gasteiger partial charge in [-0.25, -0.2) is 4.39 Å². The van der Waals surface area contributed by atoms with Gasteiger partial charge in [0.2, 0.25) is 5.91 Å². The van der Waals surface area contributed by atoms with Crippen molar-refractivity contribution in [3.8, 4) is 0 Å². The number of carboxylic acid groups (broad SMARTS) is 1. The van der Waals surface area contributed by atoms with Crippen LogP contribution >= 0.6 is 0 Å². The molecular formula is C32H44FN3O4. The molecule has 3 aliphatic rings. The Hall–Kier alpha value is -2.74. The van der Waals surface area contributed by atoms with Crippen molar-refractivity contribution in [3.63, 3.8) is 0 Å². The topological polar surface area (TPSA) is 102 Å². The van der Waals surface area contributed by atoms with E-state index in [1.165, 1.54) is 18.6 Å². The van der Waals surface area contributed by atoms with Gasteiger partial charge in [0.25, 0.3) is 0 Å². The van der Waals surface area contributed by atoms with Gasteiger partial charge in [-0.2, -0.15) is 0 Å². The zero-order chi connectivity index (χ0) is 28.6. The fourth-order valence-electron chi connectivity index (χ4n) is 8.35. The van der Waals surface area contributed by atoms with Gasteiger partial charge in [-0.05, 0) is 99.4 Å². The van der Waals surface area contributed by atoms with Gasteiger partial charge in [-0.3, -0.25) is 14.4 Å². The molecule has 1 unspecified atom stereocenters. The highest BCUT2D eigenvalue weighted by Gasteiger charge is 2.53. The van der Waals surface area contributed by atoms with E-state index in [2.05, 4.69) is 10.3 Å². The molecular weight excluding hydrogens is 509 g/mol. The van der Waals surface area contributed by atoms with E-state index in [9.17, 15) is 23.9 Å². The Bertz CT molecular complexity index is 1240. The molecule has 3 N–H and O–H groups in total. The summed E-state index contributed by atoms with van der Waals surface area (Å²) < 4.78 is 13.8. The number of ketones is 1. The SMILES string of the molecule is CN[C@@H](C)C(=O)[C@H](C)[C@H](C(=O)N1CC[C@H]2C(CC(=O)O)C[C@H](Cc3cc4ccc(F)cc4[nH]3)[C@H]21)C1CCCCC1. The second-order valence-electron chi connectivity index (χ2n) is 12.7. The minimum atomic E-state index is -0.796. The van der Waals surface area contributed by atoms with Crippen LogP contribution < -0.4 is 5.32 Å². The van der Waals surface area contributed by atoms with Crippen molar-refractivity contribution in [2.24, 2.45) is 35.5 Å². The van der Waals surface area contributed by atoms with Crippen molar-refractivity contribution >= 4 is 28.6 Å². The number of nitrogens with zero attached hydrogens (tertiary/aromatic N) is 1. The Morgan fingerprint density at radius 2 is 1.85 bits per heavy atom. The number of aromatic amines is 1. The summed E-state index contributed by atoms with van der Waals surface area (Å²) in [5, 5.41) is 13.7. The van der Waals surface area contributed by atoms with E-state index in [0.29, 0.717) is 13.0 Å². The molecule has 5 rings (SSSR count). The Labute approximate surface area is 236 Å². The number of likely N-dealkylation sites (tertiary alicyclic amines) is 1. The number of aromatic nitrogens is 1. The van der Waals surface area contributed by atoms with Crippen molar-refractivity contribution in [1.82, 2.24) is 15.2 Å². The first-order valence-corrected chi connectivity index (χ1v) is 15.2.